The highest BCUT2D eigenvalue weighted by molar-refractivity contribution is 5.86. The molecule has 2 fully saturated rings. The van der Waals surface area contributed by atoms with Crippen molar-refractivity contribution in [1.29, 1.82) is 0 Å². The lowest BCUT2D eigenvalue weighted by Gasteiger charge is -2.28. The van der Waals surface area contributed by atoms with Gasteiger partial charge in [0.15, 0.2) is 0 Å². The normalized spacial score (nSPS) is 23.3. The number of likely N-dealkylation sites (tertiary alicyclic amines) is 2. The fourth-order valence-corrected chi connectivity index (χ4v) is 5.57. The van der Waals surface area contributed by atoms with Crippen LogP contribution in [0.25, 0.3) is 0 Å². The van der Waals surface area contributed by atoms with E-state index in [0.29, 0.717) is 12.6 Å². The third kappa shape index (κ3) is 4.20. The summed E-state index contributed by atoms with van der Waals surface area (Å²) in [5.41, 5.74) is 4.35. The van der Waals surface area contributed by atoms with E-state index in [9.17, 15) is 4.79 Å². The zero-order chi connectivity index (χ0) is 23.0. The third-order valence-electron chi connectivity index (χ3n) is 7.34. The highest BCUT2D eigenvalue weighted by atomic mass is 16.2. The maximum absolute atomic E-state index is 14.0. The van der Waals surface area contributed by atoms with Crippen molar-refractivity contribution in [2.75, 3.05) is 19.6 Å². The van der Waals surface area contributed by atoms with E-state index in [2.05, 4.69) is 65.7 Å². The van der Waals surface area contributed by atoms with Gasteiger partial charge in [-0.3, -0.25) is 14.7 Å². The average molecular weight is 444 g/mol. The van der Waals surface area contributed by atoms with Gasteiger partial charge in [-0.05, 0) is 50.5 Å². The Kier molecular flexibility index (Phi) is 5.79. The quantitative estimate of drug-likeness (QED) is 0.573. The largest absolute Gasteiger partial charge is 0.338 e. The van der Waals surface area contributed by atoms with Gasteiger partial charge in [0.1, 0.15) is 0 Å². The van der Waals surface area contributed by atoms with Crippen molar-refractivity contribution in [3.8, 4) is 0 Å². The van der Waals surface area contributed by atoms with Crippen LogP contribution in [0.4, 0.5) is 0 Å². The van der Waals surface area contributed by atoms with Crippen LogP contribution in [0, 0.1) is 12.3 Å². The third-order valence-corrected chi connectivity index (χ3v) is 7.34. The Morgan fingerprint density at radius 3 is 2.67 bits per heavy atom. The summed E-state index contributed by atoms with van der Waals surface area (Å²) >= 11 is 0. The number of aryl methyl sites for hydroxylation is 1. The number of hydrogen-bond acceptors (Lipinski definition) is 4. The van der Waals surface area contributed by atoms with Crippen LogP contribution >= 0.6 is 0 Å². The Bertz CT molecular complexity index is 1120. The van der Waals surface area contributed by atoms with Gasteiger partial charge in [0.25, 0.3) is 0 Å². The number of carbonyl (C=O) groups is 1. The lowest BCUT2D eigenvalue weighted by molar-refractivity contribution is -0.136. The van der Waals surface area contributed by atoms with Crippen LogP contribution in [0.2, 0.25) is 0 Å². The maximum Gasteiger partial charge on any atom is 0.231 e. The second-order valence-corrected chi connectivity index (χ2v) is 10.0. The van der Waals surface area contributed by atoms with Gasteiger partial charge in [-0.25, -0.2) is 4.98 Å². The van der Waals surface area contributed by atoms with Gasteiger partial charge in [-0.1, -0.05) is 29.8 Å². The van der Waals surface area contributed by atoms with Crippen LogP contribution in [0.5, 0.6) is 0 Å². The zero-order valence-electron chi connectivity index (χ0n) is 19.8. The SMILES string of the molecule is Cc1cccc(CN2C[C@@H](c3cn(C(C)C)cn3)[C@@]3(CCN(Cc4ccncc4)C3=O)C2)c1. The molecule has 3 aromatic rings. The van der Waals surface area contributed by atoms with Crippen LogP contribution in [0.1, 0.15) is 54.6 Å². The van der Waals surface area contributed by atoms with Crippen molar-refractivity contribution < 1.29 is 4.79 Å². The van der Waals surface area contributed by atoms with Gasteiger partial charge in [-0.2, -0.15) is 0 Å². The van der Waals surface area contributed by atoms with Gasteiger partial charge in [0.2, 0.25) is 5.91 Å². The molecule has 2 aliphatic heterocycles. The Balaban J connectivity index is 1.43. The highest BCUT2D eigenvalue weighted by Gasteiger charge is 2.57. The van der Waals surface area contributed by atoms with Gasteiger partial charge in [0.05, 0.1) is 17.4 Å². The smallest absolute Gasteiger partial charge is 0.231 e. The van der Waals surface area contributed by atoms with E-state index in [4.69, 9.17) is 4.98 Å². The summed E-state index contributed by atoms with van der Waals surface area (Å²) in [5, 5.41) is 0. The number of benzene rings is 1. The molecule has 1 spiro atoms. The molecular formula is C27H33N5O. The fraction of sp³-hybridized carbons (Fsp3) is 0.444. The predicted molar refractivity (Wildman–Crippen MR) is 129 cm³/mol. The van der Waals surface area contributed by atoms with Gasteiger partial charge in [-0.15, -0.1) is 0 Å². The fourth-order valence-electron chi connectivity index (χ4n) is 5.57. The van der Waals surface area contributed by atoms with Crippen molar-refractivity contribution in [3.05, 3.63) is 83.7 Å². The van der Waals surface area contributed by atoms with Crippen LogP contribution < -0.4 is 0 Å². The van der Waals surface area contributed by atoms with Gasteiger partial charge in [0, 0.05) is 63.3 Å². The molecule has 0 aliphatic carbocycles. The predicted octanol–water partition coefficient (Wildman–Crippen LogP) is 4.19. The van der Waals surface area contributed by atoms with E-state index in [1.165, 1.54) is 11.1 Å². The molecule has 0 radical (unpaired) electrons. The number of aromatic nitrogens is 3. The lowest BCUT2D eigenvalue weighted by Crippen LogP contribution is -2.39. The summed E-state index contributed by atoms with van der Waals surface area (Å²) < 4.78 is 2.15. The number of pyridine rings is 1. The number of amides is 1. The second-order valence-electron chi connectivity index (χ2n) is 10.0. The molecule has 2 atom stereocenters. The number of rotatable bonds is 6. The van der Waals surface area contributed by atoms with Crippen molar-refractivity contribution in [2.24, 2.45) is 5.41 Å². The average Bonchev–Trinajstić information content (AvgIpc) is 3.49. The van der Waals surface area contributed by atoms with E-state index in [1.807, 2.05) is 23.4 Å². The summed E-state index contributed by atoms with van der Waals surface area (Å²) in [5.74, 6) is 0.382. The molecule has 172 valence electrons. The topological polar surface area (TPSA) is 54.3 Å². The van der Waals surface area contributed by atoms with E-state index in [0.717, 1.165) is 43.9 Å². The summed E-state index contributed by atoms with van der Waals surface area (Å²) in [6, 6.07) is 13.0. The number of imidazole rings is 1. The Morgan fingerprint density at radius 1 is 1.12 bits per heavy atom. The first kappa shape index (κ1) is 21.8. The maximum atomic E-state index is 14.0. The van der Waals surface area contributed by atoms with Crippen LogP contribution in [0.3, 0.4) is 0 Å². The molecule has 0 saturated carbocycles. The molecule has 5 rings (SSSR count). The Morgan fingerprint density at radius 2 is 1.94 bits per heavy atom. The molecule has 2 aliphatic rings. The molecule has 1 amide bonds. The van der Waals surface area contributed by atoms with E-state index < -0.39 is 5.41 Å². The molecular weight excluding hydrogens is 410 g/mol. The Labute approximate surface area is 196 Å². The molecule has 2 aromatic heterocycles. The summed E-state index contributed by atoms with van der Waals surface area (Å²) in [4.78, 5) is 27.4. The van der Waals surface area contributed by atoms with Crippen LogP contribution in [0.15, 0.2) is 61.3 Å². The molecule has 1 aromatic carbocycles. The first-order chi connectivity index (χ1) is 15.9. The van der Waals surface area contributed by atoms with E-state index in [1.54, 1.807) is 12.4 Å². The molecule has 0 N–H and O–H groups in total. The lowest BCUT2D eigenvalue weighted by atomic mass is 9.75. The Hall–Kier alpha value is -2.99. The molecule has 6 nitrogen and oxygen atoms in total. The van der Waals surface area contributed by atoms with E-state index in [-0.39, 0.29) is 11.8 Å². The number of carbonyl (C=O) groups excluding carboxylic acids is 1. The number of hydrogen-bond donors (Lipinski definition) is 0. The minimum absolute atomic E-state index is 0.109. The molecule has 33 heavy (non-hydrogen) atoms. The molecule has 4 heterocycles. The second kappa shape index (κ2) is 8.75. The molecule has 6 heteroatoms. The summed E-state index contributed by atoms with van der Waals surface area (Å²) in [6.07, 6.45) is 8.55. The monoisotopic (exact) mass is 443 g/mol. The van der Waals surface area contributed by atoms with Gasteiger partial charge >= 0.3 is 0 Å². The van der Waals surface area contributed by atoms with Crippen LogP contribution in [-0.4, -0.2) is 49.9 Å². The van der Waals surface area contributed by atoms with Crippen molar-refractivity contribution >= 4 is 5.91 Å². The molecule has 0 bridgehead atoms. The highest BCUT2D eigenvalue weighted by Crippen LogP contribution is 2.50. The number of nitrogens with zero attached hydrogens (tertiary/aromatic N) is 5. The van der Waals surface area contributed by atoms with Crippen molar-refractivity contribution in [3.63, 3.8) is 0 Å². The van der Waals surface area contributed by atoms with Crippen LogP contribution in [-0.2, 0) is 17.9 Å². The zero-order valence-corrected chi connectivity index (χ0v) is 19.8. The summed E-state index contributed by atoms with van der Waals surface area (Å²) in [6.45, 7) is 10.4. The van der Waals surface area contributed by atoms with Crippen molar-refractivity contribution in [1.82, 2.24) is 24.3 Å². The minimum atomic E-state index is -0.410. The first-order valence-electron chi connectivity index (χ1n) is 11.9. The first-order valence-corrected chi connectivity index (χ1v) is 11.9. The summed E-state index contributed by atoms with van der Waals surface area (Å²) in [7, 11) is 0. The minimum Gasteiger partial charge on any atom is -0.338 e. The van der Waals surface area contributed by atoms with Gasteiger partial charge < -0.3 is 9.47 Å². The van der Waals surface area contributed by atoms with Crippen molar-refractivity contribution in [2.45, 2.75) is 52.2 Å². The standard InChI is InChI=1S/C27H33N5O/c1-20(2)32-17-25(29-19-32)24-16-30(14-23-6-4-5-21(3)13-23)18-27(24)9-12-31(26(27)33)15-22-7-10-28-11-8-22/h4-8,10-11,13,17,19-20,24H,9,12,14-16,18H2,1-3H3/t24-,27+/m0/s1. The molecule has 0 unspecified atom stereocenters. The molecule has 2 saturated heterocycles. The van der Waals surface area contributed by atoms with E-state index >= 15 is 0 Å².